The lowest BCUT2D eigenvalue weighted by molar-refractivity contribution is 0.414. The SMILES string of the molecule is CCc1nc(N)cc(NCCc2cccc(OC)c2)n1. The first-order valence-corrected chi connectivity index (χ1v) is 6.71. The molecule has 20 heavy (non-hydrogen) atoms. The molecule has 0 aliphatic heterocycles. The van der Waals surface area contributed by atoms with E-state index in [1.54, 1.807) is 13.2 Å². The second-order valence-corrected chi connectivity index (χ2v) is 4.48. The number of aryl methyl sites for hydroxylation is 1. The molecule has 2 rings (SSSR count). The Hall–Kier alpha value is -2.30. The Balaban J connectivity index is 1.93. The minimum Gasteiger partial charge on any atom is -0.497 e. The maximum atomic E-state index is 5.75. The van der Waals surface area contributed by atoms with Crippen molar-refractivity contribution in [2.75, 3.05) is 24.7 Å². The van der Waals surface area contributed by atoms with Gasteiger partial charge in [0, 0.05) is 19.0 Å². The number of aromatic nitrogens is 2. The lowest BCUT2D eigenvalue weighted by Gasteiger charge is -2.08. The van der Waals surface area contributed by atoms with Gasteiger partial charge in [-0.3, -0.25) is 0 Å². The molecule has 3 N–H and O–H groups in total. The molecule has 2 aromatic rings. The molecule has 106 valence electrons. The van der Waals surface area contributed by atoms with E-state index in [0.717, 1.165) is 36.8 Å². The molecule has 1 aromatic heterocycles. The Kier molecular flexibility index (Phi) is 4.76. The summed E-state index contributed by atoms with van der Waals surface area (Å²) in [4.78, 5) is 8.54. The number of nitrogens with one attached hydrogen (secondary N) is 1. The predicted octanol–water partition coefficient (Wildman–Crippen LogP) is 2.28. The number of nitrogens with two attached hydrogens (primary N) is 1. The van der Waals surface area contributed by atoms with Crippen molar-refractivity contribution in [1.82, 2.24) is 9.97 Å². The molecule has 1 heterocycles. The number of hydrogen-bond acceptors (Lipinski definition) is 5. The minimum absolute atomic E-state index is 0.501. The van der Waals surface area contributed by atoms with Crippen LogP contribution < -0.4 is 15.8 Å². The van der Waals surface area contributed by atoms with E-state index in [2.05, 4.69) is 21.4 Å². The van der Waals surface area contributed by atoms with Crippen LogP contribution in [0.2, 0.25) is 0 Å². The summed E-state index contributed by atoms with van der Waals surface area (Å²) in [6.45, 7) is 2.79. The molecule has 5 nitrogen and oxygen atoms in total. The summed E-state index contributed by atoms with van der Waals surface area (Å²) in [7, 11) is 1.67. The third kappa shape index (κ3) is 3.85. The van der Waals surface area contributed by atoms with Crippen molar-refractivity contribution in [2.45, 2.75) is 19.8 Å². The fraction of sp³-hybridized carbons (Fsp3) is 0.333. The number of nitrogen functional groups attached to an aromatic ring is 1. The van der Waals surface area contributed by atoms with Crippen LogP contribution in [0.3, 0.4) is 0 Å². The molecule has 0 fully saturated rings. The molecule has 5 heteroatoms. The van der Waals surface area contributed by atoms with Crippen molar-refractivity contribution in [3.63, 3.8) is 0 Å². The maximum absolute atomic E-state index is 5.75. The second-order valence-electron chi connectivity index (χ2n) is 4.48. The fourth-order valence-electron chi connectivity index (χ4n) is 1.93. The summed E-state index contributed by atoms with van der Waals surface area (Å²) in [5, 5.41) is 3.27. The number of nitrogens with zero attached hydrogens (tertiary/aromatic N) is 2. The van der Waals surface area contributed by atoms with Crippen LogP contribution in [-0.2, 0) is 12.8 Å². The summed E-state index contributed by atoms with van der Waals surface area (Å²) < 4.78 is 5.21. The van der Waals surface area contributed by atoms with Gasteiger partial charge in [-0.05, 0) is 24.1 Å². The Morgan fingerprint density at radius 1 is 1.25 bits per heavy atom. The van der Waals surface area contributed by atoms with Crippen molar-refractivity contribution in [3.05, 3.63) is 41.7 Å². The van der Waals surface area contributed by atoms with Crippen molar-refractivity contribution >= 4 is 11.6 Å². The first-order chi connectivity index (χ1) is 9.71. The molecule has 0 aliphatic rings. The van der Waals surface area contributed by atoms with E-state index in [1.807, 2.05) is 25.1 Å². The summed E-state index contributed by atoms with van der Waals surface area (Å²) in [5.41, 5.74) is 6.97. The smallest absolute Gasteiger partial charge is 0.132 e. The summed E-state index contributed by atoms with van der Waals surface area (Å²) in [6, 6.07) is 9.80. The Labute approximate surface area is 119 Å². The molecular formula is C15H20N4O. The van der Waals surface area contributed by atoms with Gasteiger partial charge in [0.1, 0.15) is 23.2 Å². The highest BCUT2D eigenvalue weighted by Gasteiger charge is 2.01. The number of anilines is 2. The van der Waals surface area contributed by atoms with Gasteiger partial charge < -0.3 is 15.8 Å². The number of ether oxygens (including phenoxy) is 1. The zero-order valence-corrected chi connectivity index (χ0v) is 11.9. The van der Waals surface area contributed by atoms with Crippen molar-refractivity contribution in [3.8, 4) is 5.75 Å². The van der Waals surface area contributed by atoms with Crippen LogP contribution in [0.5, 0.6) is 5.75 Å². The van der Waals surface area contributed by atoms with Crippen LogP contribution in [0, 0.1) is 0 Å². The molecule has 0 amide bonds. The van der Waals surface area contributed by atoms with E-state index in [-0.39, 0.29) is 0 Å². The van der Waals surface area contributed by atoms with Crippen LogP contribution in [0.1, 0.15) is 18.3 Å². The summed E-state index contributed by atoms with van der Waals surface area (Å²) in [6.07, 6.45) is 1.66. The normalized spacial score (nSPS) is 10.3. The number of hydrogen-bond donors (Lipinski definition) is 2. The third-order valence-electron chi connectivity index (χ3n) is 2.96. The van der Waals surface area contributed by atoms with Crippen LogP contribution in [0.15, 0.2) is 30.3 Å². The Bertz CT molecular complexity index is 572. The lowest BCUT2D eigenvalue weighted by atomic mass is 10.1. The molecule has 0 saturated carbocycles. The fourth-order valence-corrected chi connectivity index (χ4v) is 1.93. The van der Waals surface area contributed by atoms with E-state index in [9.17, 15) is 0 Å². The molecule has 0 spiro atoms. The monoisotopic (exact) mass is 272 g/mol. The number of rotatable bonds is 6. The van der Waals surface area contributed by atoms with E-state index in [0.29, 0.717) is 5.82 Å². The van der Waals surface area contributed by atoms with Crippen LogP contribution in [-0.4, -0.2) is 23.6 Å². The van der Waals surface area contributed by atoms with Gasteiger partial charge in [0.05, 0.1) is 7.11 Å². The number of methoxy groups -OCH3 is 1. The highest BCUT2D eigenvalue weighted by Crippen LogP contribution is 2.13. The van der Waals surface area contributed by atoms with E-state index < -0.39 is 0 Å². The first kappa shape index (κ1) is 14.1. The molecular weight excluding hydrogens is 252 g/mol. The molecule has 0 radical (unpaired) electrons. The lowest BCUT2D eigenvalue weighted by Crippen LogP contribution is -2.09. The van der Waals surface area contributed by atoms with Gasteiger partial charge in [0.25, 0.3) is 0 Å². The van der Waals surface area contributed by atoms with Gasteiger partial charge in [-0.1, -0.05) is 19.1 Å². The average molecular weight is 272 g/mol. The van der Waals surface area contributed by atoms with Crippen molar-refractivity contribution < 1.29 is 4.74 Å². The van der Waals surface area contributed by atoms with Crippen molar-refractivity contribution in [2.24, 2.45) is 0 Å². The largest absolute Gasteiger partial charge is 0.497 e. The van der Waals surface area contributed by atoms with Crippen molar-refractivity contribution in [1.29, 1.82) is 0 Å². The Morgan fingerprint density at radius 3 is 2.85 bits per heavy atom. The van der Waals surface area contributed by atoms with Gasteiger partial charge in [0.2, 0.25) is 0 Å². The molecule has 0 unspecified atom stereocenters. The van der Waals surface area contributed by atoms with Crippen LogP contribution in [0.25, 0.3) is 0 Å². The molecule has 0 bridgehead atoms. The minimum atomic E-state index is 0.501. The quantitative estimate of drug-likeness (QED) is 0.844. The van der Waals surface area contributed by atoms with E-state index in [1.165, 1.54) is 5.56 Å². The highest BCUT2D eigenvalue weighted by atomic mass is 16.5. The van der Waals surface area contributed by atoms with Gasteiger partial charge >= 0.3 is 0 Å². The summed E-state index contributed by atoms with van der Waals surface area (Å²) in [5.74, 6) is 2.91. The third-order valence-corrected chi connectivity index (χ3v) is 2.96. The predicted molar refractivity (Wildman–Crippen MR) is 81.0 cm³/mol. The first-order valence-electron chi connectivity index (χ1n) is 6.71. The van der Waals surface area contributed by atoms with Gasteiger partial charge in [0.15, 0.2) is 0 Å². The van der Waals surface area contributed by atoms with E-state index >= 15 is 0 Å². The number of benzene rings is 1. The molecule has 0 aliphatic carbocycles. The van der Waals surface area contributed by atoms with Crippen LogP contribution >= 0.6 is 0 Å². The Morgan fingerprint density at radius 2 is 2.10 bits per heavy atom. The van der Waals surface area contributed by atoms with Gasteiger partial charge in [-0.25, -0.2) is 9.97 Å². The zero-order valence-electron chi connectivity index (χ0n) is 11.9. The van der Waals surface area contributed by atoms with Gasteiger partial charge in [-0.15, -0.1) is 0 Å². The second kappa shape index (κ2) is 6.75. The standard InChI is InChI=1S/C15H20N4O/c1-3-14-18-13(16)10-15(19-14)17-8-7-11-5-4-6-12(9-11)20-2/h4-6,9-10H,3,7-8H2,1-2H3,(H3,16,17,18,19). The zero-order chi connectivity index (χ0) is 14.4. The molecule has 0 saturated heterocycles. The topological polar surface area (TPSA) is 73.1 Å². The average Bonchev–Trinajstić information content (AvgIpc) is 2.47. The highest BCUT2D eigenvalue weighted by molar-refractivity contribution is 5.44. The summed E-state index contributed by atoms with van der Waals surface area (Å²) >= 11 is 0. The maximum Gasteiger partial charge on any atom is 0.132 e. The van der Waals surface area contributed by atoms with Crippen LogP contribution in [0.4, 0.5) is 11.6 Å². The van der Waals surface area contributed by atoms with E-state index in [4.69, 9.17) is 10.5 Å². The van der Waals surface area contributed by atoms with Gasteiger partial charge in [-0.2, -0.15) is 0 Å². The molecule has 0 atom stereocenters. The molecule has 1 aromatic carbocycles.